The van der Waals surface area contributed by atoms with Gasteiger partial charge in [-0.25, -0.2) is 4.98 Å². The number of benzene rings is 1. The Bertz CT molecular complexity index is 566. The largest absolute Gasteiger partial charge is 0.394 e. The van der Waals surface area contributed by atoms with Crippen LogP contribution in [0.15, 0.2) is 24.3 Å². The fourth-order valence-corrected chi connectivity index (χ4v) is 2.43. The third-order valence-electron chi connectivity index (χ3n) is 3.57. The van der Waals surface area contributed by atoms with Gasteiger partial charge in [0.15, 0.2) is 0 Å². The van der Waals surface area contributed by atoms with Crippen molar-refractivity contribution in [2.45, 2.75) is 30.5 Å². The van der Waals surface area contributed by atoms with Crippen LogP contribution in [-0.2, 0) is 4.74 Å². The van der Waals surface area contributed by atoms with Crippen molar-refractivity contribution in [1.82, 2.24) is 9.97 Å². The average molecular weight is 280 g/mol. The van der Waals surface area contributed by atoms with Gasteiger partial charge in [0.2, 0.25) is 0 Å². The summed E-state index contributed by atoms with van der Waals surface area (Å²) in [7, 11) is 0. The predicted octanol–water partition coefficient (Wildman–Crippen LogP) is -0.922. The summed E-state index contributed by atoms with van der Waals surface area (Å²) < 4.78 is 5.44. The summed E-state index contributed by atoms with van der Waals surface area (Å²) in [6.07, 6.45) is -5.97. The number of rotatable bonds is 2. The monoisotopic (exact) mass is 280 g/mol. The van der Waals surface area contributed by atoms with E-state index in [9.17, 15) is 15.3 Å². The van der Waals surface area contributed by atoms with Gasteiger partial charge in [-0.3, -0.25) is 0 Å². The Morgan fingerprint density at radius 3 is 2.55 bits per heavy atom. The third-order valence-corrected chi connectivity index (χ3v) is 3.57. The zero-order valence-electron chi connectivity index (χ0n) is 10.5. The van der Waals surface area contributed by atoms with Crippen molar-refractivity contribution in [1.29, 1.82) is 0 Å². The molecule has 0 saturated carbocycles. The zero-order chi connectivity index (χ0) is 14.3. The van der Waals surface area contributed by atoms with Gasteiger partial charge in [-0.1, -0.05) is 12.1 Å². The molecule has 5 atom stereocenters. The highest BCUT2D eigenvalue weighted by molar-refractivity contribution is 5.74. The summed E-state index contributed by atoms with van der Waals surface area (Å²) in [6.45, 7) is -0.457. The van der Waals surface area contributed by atoms with Gasteiger partial charge >= 0.3 is 0 Å². The van der Waals surface area contributed by atoms with Crippen LogP contribution < -0.4 is 0 Å². The molecule has 0 aliphatic carbocycles. The van der Waals surface area contributed by atoms with Crippen LogP contribution in [0, 0.1) is 0 Å². The molecule has 0 spiro atoms. The topological polar surface area (TPSA) is 119 Å². The first-order valence-electron chi connectivity index (χ1n) is 6.37. The van der Waals surface area contributed by atoms with Crippen LogP contribution in [0.1, 0.15) is 11.9 Å². The second-order valence-electron chi connectivity index (χ2n) is 4.89. The minimum absolute atomic E-state index is 0.350. The molecule has 1 aromatic carbocycles. The van der Waals surface area contributed by atoms with Crippen molar-refractivity contribution >= 4 is 11.0 Å². The fourth-order valence-electron chi connectivity index (χ4n) is 2.43. The molecule has 20 heavy (non-hydrogen) atoms. The number of nitrogens with one attached hydrogen (secondary N) is 1. The molecule has 0 amide bonds. The van der Waals surface area contributed by atoms with E-state index in [4.69, 9.17) is 9.84 Å². The molecular weight excluding hydrogens is 264 g/mol. The molecule has 108 valence electrons. The minimum Gasteiger partial charge on any atom is -0.394 e. The molecule has 7 nitrogen and oxygen atoms in total. The molecule has 1 aliphatic rings. The van der Waals surface area contributed by atoms with Crippen molar-refractivity contribution in [3.8, 4) is 0 Å². The molecular formula is C13H16N2O5. The smallest absolute Gasteiger partial charge is 0.144 e. The van der Waals surface area contributed by atoms with Crippen LogP contribution in [0.25, 0.3) is 11.0 Å². The van der Waals surface area contributed by atoms with E-state index < -0.39 is 37.1 Å². The SMILES string of the molecule is OCC1OC(c2nc3ccccc3[nH]2)C(O)C(O)C1O. The normalized spacial score (nSPS) is 34.5. The molecule has 2 aromatic rings. The highest BCUT2D eigenvalue weighted by Gasteiger charge is 2.45. The van der Waals surface area contributed by atoms with E-state index in [1.807, 2.05) is 18.2 Å². The first-order chi connectivity index (χ1) is 9.61. The molecule has 2 heterocycles. The quantitative estimate of drug-likeness (QED) is 0.485. The Morgan fingerprint density at radius 1 is 1.10 bits per heavy atom. The van der Waals surface area contributed by atoms with E-state index in [1.54, 1.807) is 6.07 Å². The Kier molecular flexibility index (Phi) is 3.45. The lowest BCUT2D eigenvalue weighted by Crippen LogP contribution is -2.55. The number of para-hydroxylation sites is 2. The highest BCUT2D eigenvalue weighted by atomic mass is 16.5. The molecule has 1 fully saturated rings. The van der Waals surface area contributed by atoms with E-state index in [0.717, 1.165) is 5.52 Å². The van der Waals surface area contributed by atoms with Gasteiger partial charge in [-0.15, -0.1) is 0 Å². The van der Waals surface area contributed by atoms with E-state index >= 15 is 0 Å². The summed E-state index contributed by atoms with van der Waals surface area (Å²) in [4.78, 5) is 7.31. The number of aromatic amines is 1. The minimum atomic E-state index is -1.40. The number of H-pyrrole nitrogens is 1. The number of aliphatic hydroxyl groups is 4. The zero-order valence-corrected chi connectivity index (χ0v) is 10.5. The van der Waals surface area contributed by atoms with E-state index in [2.05, 4.69) is 9.97 Å². The number of aliphatic hydroxyl groups excluding tert-OH is 4. The molecule has 1 aromatic heterocycles. The highest BCUT2D eigenvalue weighted by Crippen LogP contribution is 2.31. The lowest BCUT2D eigenvalue weighted by atomic mass is 9.95. The third kappa shape index (κ3) is 2.09. The van der Waals surface area contributed by atoms with Gasteiger partial charge in [0.1, 0.15) is 36.3 Å². The maximum absolute atomic E-state index is 10.0. The number of nitrogens with zero attached hydrogens (tertiary/aromatic N) is 1. The van der Waals surface area contributed by atoms with E-state index in [-0.39, 0.29) is 0 Å². The number of hydrogen-bond acceptors (Lipinski definition) is 6. The van der Waals surface area contributed by atoms with Gasteiger partial charge in [0.05, 0.1) is 17.6 Å². The molecule has 5 N–H and O–H groups in total. The van der Waals surface area contributed by atoms with Crippen LogP contribution in [0.2, 0.25) is 0 Å². The van der Waals surface area contributed by atoms with E-state index in [1.165, 1.54) is 0 Å². The predicted molar refractivity (Wildman–Crippen MR) is 68.8 cm³/mol. The van der Waals surface area contributed by atoms with Crippen molar-refractivity contribution in [2.75, 3.05) is 6.61 Å². The molecule has 1 saturated heterocycles. The Labute approximate surface area is 114 Å². The van der Waals surface area contributed by atoms with Gasteiger partial charge in [-0.2, -0.15) is 0 Å². The lowest BCUT2D eigenvalue weighted by molar-refractivity contribution is -0.233. The van der Waals surface area contributed by atoms with Crippen LogP contribution in [0.3, 0.4) is 0 Å². The lowest BCUT2D eigenvalue weighted by Gasteiger charge is -2.39. The summed E-state index contributed by atoms with van der Waals surface area (Å²) in [5.41, 5.74) is 1.49. The Morgan fingerprint density at radius 2 is 1.85 bits per heavy atom. The number of ether oxygens (including phenoxy) is 1. The summed E-state index contributed by atoms with van der Waals surface area (Å²) in [6, 6.07) is 7.31. The summed E-state index contributed by atoms with van der Waals surface area (Å²) in [5.74, 6) is 0.350. The van der Waals surface area contributed by atoms with E-state index in [0.29, 0.717) is 11.3 Å². The summed E-state index contributed by atoms with van der Waals surface area (Å²) >= 11 is 0. The molecule has 3 rings (SSSR count). The standard InChI is InChI=1S/C13H16N2O5/c16-5-8-9(17)10(18)11(19)12(20-8)13-14-6-3-1-2-4-7(6)15-13/h1-4,8-12,16-19H,5H2,(H,14,15). The van der Waals surface area contributed by atoms with Crippen LogP contribution in [-0.4, -0.2) is 61.4 Å². The number of aromatic nitrogens is 2. The Hall–Kier alpha value is -1.51. The fraction of sp³-hybridized carbons (Fsp3) is 0.462. The maximum atomic E-state index is 10.0. The van der Waals surface area contributed by atoms with Gasteiger partial charge in [-0.05, 0) is 12.1 Å². The maximum Gasteiger partial charge on any atom is 0.144 e. The first-order valence-corrected chi connectivity index (χ1v) is 6.37. The number of imidazole rings is 1. The number of hydrogen-bond donors (Lipinski definition) is 5. The molecule has 7 heteroatoms. The van der Waals surface area contributed by atoms with Crippen molar-refractivity contribution in [2.24, 2.45) is 0 Å². The van der Waals surface area contributed by atoms with Crippen LogP contribution in [0.5, 0.6) is 0 Å². The van der Waals surface area contributed by atoms with Gasteiger partial charge < -0.3 is 30.1 Å². The van der Waals surface area contributed by atoms with Crippen LogP contribution >= 0.6 is 0 Å². The Balaban J connectivity index is 1.95. The average Bonchev–Trinajstić information content (AvgIpc) is 2.89. The van der Waals surface area contributed by atoms with Crippen molar-refractivity contribution in [3.05, 3.63) is 30.1 Å². The van der Waals surface area contributed by atoms with Crippen molar-refractivity contribution in [3.63, 3.8) is 0 Å². The van der Waals surface area contributed by atoms with Crippen molar-refractivity contribution < 1.29 is 25.2 Å². The molecule has 0 radical (unpaired) electrons. The second-order valence-corrected chi connectivity index (χ2v) is 4.89. The van der Waals surface area contributed by atoms with Gasteiger partial charge in [0.25, 0.3) is 0 Å². The van der Waals surface area contributed by atoms with Gasteiger partial charge in [0, 0.05) is 0 Å². The molecule has 1 aliphatic heterocycles. The first kappa shape index (κ1) is 13.5. The number of fused-ring (bicyclic) bond motifs is 1. The molecule has 5 unspecified atom stereocenters. The summed E-state index contributed by atoms with van der Waals surface area (Å²) in [5, 5.41) is 38.7. The molecule has 0 bridgehead atoms. The second kappa shape index (κ2) is 5.12. The van der Waals surface area contributed by atoms with Crippen LogP contribution in [0.4, 0.5) is 0 Å².